The van der Waals surface area contributed by atoms with Gasteiger partial charge in [0.05, 0.1) is 24.9 Å². The van der Waals surface area contributed by atoms with E-state index in [0.29, 0.717) is 31.3 Å². The number of rotatable bonds is 8. The smallest absolute Gasteiger partial charge is 0.397 e. The largest absolute Gasteiger partial charge is 0.459 e. The molecule has 33 heavy (non-hydrogen) atoms. The molecule has 1 aromatic carbocycles. The predicted octanol–water partition coefficient (Wildman–Crippen LogP) is 2.53. The number of amides is 1. The van der Waals surface area contributed by atoms with Crippen LogP contribution >= 0.6 is 11.6 Å². The Morgan fingerprint density at radius 2 is 2.00 bits per heavy atom. The van der Waals surface area contributed by atoms with E-state index in [0.717, 1.165) is 47.6 Å². The number of benzene rings is 1. The molecule has 0 atom stereocenters. The van der Waals surface area contributed by atoms with E-state index in [4.69, 9.17) is 21.1 Å². The number of halogens is 1. The molecule has 1 amide bonds. The van der Waals surface area contributed by atoms with Gasteiger partial charge < -0.3 is 25.0 Å². The fraction of sp³-hybridized carbons (Fsp3) is 0.478. The van der Waals surface area contributed by atoms with Crippen molar-refractivity contribution >= 4 is 35.0 Å². The molecule has 1 aliphatic heterocycles. The van der Waals surface area contributed by atoms with Crippen LogP contribution in [0.1, 0.15) is 24.5 Å². The van der Waals surface area contributed by atoms with Crippen molar-refractivity contribution in [1.82, 2.24) is 15.1 Å². The zero-order valence-electron chi connectivity index (χ0n) is 18.8. The van der Waals surface area contributed by atoms with Gasteiger partial charge in [-0.1, -0.05) is 11.6 Å². The van der Waals surface area contributed by atoms with Crippen LogP contribution in [0.25, 0.3) is 11.3 Å². The number of methoxy groups -OCH3 is 1. The summed E-state index contributed by atoms with van der Waals surface area (Å²) in [5, 5.41) is 16.5. The molecular formula is C23H28ClN5O4. The van der Waals surface area contributed by atoms with Gasteiger partial charge in [-0.15, -0.1) is 10.2 Å². The molecule has 9 nitrogen and oxygen atoms in total. The van der Waals surface area contributed by atoms with Crippen molar-refractivity contribution in [3.05, 3.63) is 34.3 Å². The molecule has 2 aromatic rings. The summed E-state index contributed by atoms with van der Waals surface area (Å²) in [7, 11) is 1.67. The average Bonchev–Trinajstić information content (AvgIpc) is 3.27. The van der Waals surface area contributed by atoms with Crippen LogP contribution in [0.2, 0.25) is 5.02 Å². The van der Waals surface area contributed by atoms with Crippen molar-refractivity contribution in [2.75, 3.05) is 50.6 Å². The van der Waals surface area contributed by atoms with E-state index < -0.39 is 11.9 Å². The number of nitrogens with zero attached hydrogens (tertiary/aromatic N) is 3. The second kappa shape index (κ2) is 10.4. The number of carbonyl (C=O) groups excluding carboxylic acids is 2. The Kier molecular flexibility index (Phi) is 7.29. The lowest BCUT2D eigenvalue weighted by atomic mass is 10.0. The maximum absolute atomic E-state index is 12.0. The minimum absolute atomic E-state index is 0.0232. The van der Waals surface area contributed by atoms with Crippen LogP contribution in [0.4, 0.5) is 11.5 Å². The summed E-state index contributed by atoms with van der Waals surface area (Å²) in [4.78, 5) is 25.1. The SMILES string of the molecule is CCOC(=O)C(=O)N1CC(Nc2nnc(-c3ccc(Cl)cc3NCCOC)c3c2CCC3)C1. The fourth-order valence-corrected chi connectivity index (χ4v) is 4.40. The van der Waals surface area contributed by atoms with Crippen LogP contribution < -0.4 is 10.6 Å². The normalized spacial score (nSPS) is 15.1. The van der Waals surface area contributed by atoms with Gasteiger partial charge in [-0.2, -0.15) is 0 Å². The van der Waals surface area contributed by atoms with E-state index in [1.54, 1.807) is 14.0 Å². The van der Waals surface area contributed by atoms with Gasteiger partial charge in [0.15, 0.2) is 5.82 Å². The predicted molar refractivity (Wildman–Crippen MR) is 125 cm³/mol. The van der Waals surface area contributed by atoms with Gasteiger partial charge in [0, 0.05) is 48.6 Å². The number of ether oxygens (including phenoxy) is 2. The first-order chi connectivity index (χ1) is 16.0. The summed E-state index contributed by atoms with van der Waals surface area (Å²) in [5.41, 5.74) is 5.06. The van der Waals surface area contributed by atoms with Crippen molar-refractivity contribution in [3.63, 3.8) is 0 Å². The summed E-state index contributed by atoms with van der Waals surface area (Å²) in [6.07, 6.45) is 2.87. The number of esters is 1. The molecule has 1 fully saturated rings. The van der Waals surface area contributed by atoms with Gasteiger partial charge in [0.1, 0.15) is 0 Å². The Hall–Kier alpha value is -2.91. The van der Waals surface area contributed by atoms with Crippen molar-refractivity contribution in [2.45, 2.75) is 32.2 Å². The highest BCUT2D eigenvalue weighted by molar-refractivity contribution is 6.32. The maximum atomic E-state index is 12.0. The number of carbonyl (C=O) groups is 2. The quantitative estimate of drug-likeness (QED) is 0.342. The van der Waals surface area contributed by atoms with Crippen molar-refractivity contribution in [2.24, 2.45) is 0 Å². The molecule has 2 N–H and O–H groups in total. The van der Waals surface area contributed by atoms with Crippen LogP contribution in [0.5, 0.6) is 0 Å². The third-order valence-electron chi connectivity index (χ3n) is 5.86. The molecule has 10 heteroatoms. The number of nitrogens with one attached hydrogen (secondary N) is 2. The third kappa shape index (κ3) is 5.04. The summed E-state index contributed by atoms with van der Waals surface area (Å²) in [6.45, 7) is 3.96. The Morgan fingerprint density at radius 3 is 2.76 bits per heavy atom. The lowest BCUT2D eigenvalue weighted by Gasteiger charge is -2.39. The first-order valence-corrected chi connectivity index (χ1v) is 11.5. The molecule has 1 aliphatic carbocycles. The minimum Gasteiger partial charge on any atom is -0.459 e. The van der Waals surface area contributed by atoms with E-state index in [1.165, 1.54) is 10.5 Å². The summed E-state index contributed by atoms with van der Waals surface area (Å²) in [6, 6.07) is 5.75. The minimum atomic E-state index is -0.807. The molecule has 2 aliphatic rings. The molecule has 1 saturated heterocycles. The second-order valence-electron chi connectivity index (χ2n) is 8.09. The van der Waals surface area contributed by atoms with Gasteiger partial charge in [-0.25, -0.2) is 4.79 Å². The van der Waals surface area contributed by atoms with E-state index in [-0.39, 0.29) is 12.6 Å². The number of fused-ring (bicyclic) bond motifs is 1. The van der Waals surface area contributed by atoms with Crippen molar-refractivity contribution < 1.29 is 19.1 Å². The highest BCUT2D eigenvalue weighted by atomic mass is 35.5. The van der Waals surface area contributed by atoms with E-state index in [9.17, 15) is 9.59 Å². The van der Waals surface area contributed by atoms with Gasteiger partial charge in [-0.05, 0) is 49.9 Å². The average molecular weight is 474 g/mol. The Labute approximate surface area is 197 Å². The Bertz CT molecular complexity index is 1040. The van der Waals surface area contributed by atoms with E-state index in [2.05, 4.69) is 20.8 Å². The number of hydrogen-bond donors (Lipinski definition) is 2. The van der Waals surface area contributed by atoms with Gasteiger partial charge >= 0.3 is 11.9 Å². The van der Waals surface area contributed by atoms with Gasteiger partial charge in [0.2, 0.25) is 0 Å². The molecule has 0 radical (unpaired) electrons. The van der Waals surface area contributed by atoms with Crippen LogP contribution in [0, 0.1) is 0 Å². The topological polar surface area (TPSA) is 106 Å². The standard InChI is InChI=1S/C23H28ClN5O4/c1-3-33-23(31)22(30)29-12-15(13-29)26-21-17-6-4-5-16(17)20(27-28-21)18-8-7-14(24)11-19(18)25-9-10-32-2/h7-8,11,15,25H,3-6,9-10,12-13H2,1-2H3,(H,26,28). The highest BCUT2D eigenvalue weighted by Crippen LogP contribution is 2.38. The summed E-state index contributed by atoms with van der Waals surface area (Å²) >= 11 is 6.24. The molecule has 4 rings (SSSR count). The lowest BCUT2D eigenvalue weighted by molar-refractivity contribution is -0.161. The van der Waals surface area contributed by atoms with Crippen molar-refractivity contribution in [1.29, 1.82) is 0 Å². The van der Waals surface area contributed by atoms with Gasteiger partial charge in [-0.3, -0.25) is 4.79 Å². The second-order valence-corrected chi connectivity index (χ2v) is 8.53. The van der Waals surface area contributed by atoms with E-state index >= 15 is 0 Å². The zero-order chi connectivity index (χ0) is 23.4. The fourth-order valence-electron chi connectivity index (χ4n) is 4.23. The van der Waals surface area contributed by atoms with Gasteiger partial charge in [0.25, 0.3) is 0 Å². The monoisotopic (exact) mass is 473 g/mol. The first-order valence-electron chi connectivity index (χ1n) is 11.2. The van der Waals surface area contributed by atoms with Crippen molar-refractivity contribution in [3.8, 4) is 11.3 Å². The van der Waals surface area contributed by atoms with Crippen LogP contribution in [-0.4, -0.2) is 73.0 Å². The first kappa shape index (κ1) is 23.3. The molecular weight excluding hydrogens is 446 g/mol. The molecule has 2 heterocycles. The van der Waals surface area contributed by atoms with Crippen LogP contribution in [0.15, 0.2) is 18.2 Å². The summed E-state index contributed by atoms with van der Waals surface area (Å²) < 4.78 is 9.93. The highest BCUT2D eigenvalue weighted by Gasteiger charge is 2.36. The maximum Gasteiger partial charge on any atom is 0.397 e. The number of hydrogen-bond acceptors (Lipinski definition) is 8. The Balaban J connectivity index is 1.50. The summed E-state index contributed by atoms with van der Waals surface area (Å²) in [5.74, 6) is -0.654. The Morgan fingerprint density at radius 1 is 1.21 bits per heavy atom. The third-order valence-corrected chi connectivity index (χ3v) is 6.09. The number of anilines is 2. The van der Waals surface area contributed by atoms with Crippen LogP contribution in [0.3, 0.4) is 0 Å². The molecule has 0 saturated carbocycles. The number of likely N-dealkylation sites (tertiary alicyclic amines) is 1. The van der Waals surface area contributed by atoms with Crippen LogP contribution in [-0.2, 0) is 31.9 Å². The lowest BCUT2D eigenvalue weighted by Crippen LogP contribution is -2.59. The number of aromatic nitrogens is 2. The zero-order valence-corrected chi connectivity index (χ0v) is 19.6. The molecule has 0 spiro atoms. The molecule has 0 bridgehead atoms. The van der Waals surface area contributed by atoms with E-state index in [1.807, 2.05) is 18.2 Å². The molecule has 0 unspecified atom stereocenters. The molecule has 176 valence electrons. The molecule has 1 aromatic heterocycles.